The van der Waals surface area contributed by atoms with Crippen molar-refractivity contribution in [3.05, 3.63) is 95.6 Å². The number of rotatable bonds is 6. The molecule has 3 aromatic rings. The fraction of sp³-hybridized carbons (Fsp3) is 0.214. The first kappa shape index (κ1) is 23.8. The van der Waals surface area contributed by atoms with Crippen molar-refractivity contribution >= 4 is 40.1 Å². The van der Waals surface area contributed by atoms with Gasteiger partial charge in [0.2, 0.25) is 5.91 Å². The van der Waals surface area contributed by atoms with Crippen molar-refractivity contribution in [1.82, 2.24) is 5.01 Å². The molecule has 2 aliphatic rings. The molecule has 182 valence electrons. The molecule has 0 unspecified atom stereocenters. The quantitative estimate of drug-likeness (QED) is 0.506. The SMILES string of the molecule is COc1ccc(NC(=O)C[C@H]2SC(N3N=C(c4ccccc4)C[C@H]3c3ccc(C)cc3)=NC2=O)cc1. The van der Waals surface area contributed by atoms with E-state index in [9.17, 15) is 9.59 Å². The van der Waals surface area contributed by atoms with E-state index >= 15 is 0 Å². The second-order valence-corrected chi connectivity index (χ2v) is 9.88. The lowest BCUT2D eigenvalue weighted by Gasteiger charge is -2.23. The highest BCUT2D eigenvalue weighted by Crippen LogP contribution is 2.38. The number of aryl methyl sites for hydroxylation is 1. The number of amidine groups is 1. The van der Waals surface area contributed by atoms with Crippen LogP contribution in [0, 0.1) is 6.92 Å². The second kappa shape index (κ2) is 10.4. The summed E-state index contributed by atoms with van der Waals surface area (Å²) in [5.41, 5.74) is 4.92. The minimum absolute atomic E-state index is 0.0286. The lowest BCUT2D eigenvalue weighted by Crippen LogP contribution is -2.25. The summed E-state index contributed by atoms with van der Waals surface area (Å²) in [6.07, 6.45) is 0.726. The third-order valence-corrected chi connectivity index (χ3v) is 7.29. The molecule has 0 saturated carbocycles. The molecule has 0 saturated heterocycles. The largest absolute Gasteiger partial charge is 0.497 e. The van der Waals surface area contributed by atoms with Gasteiger partial charge in [0.1, 0.15) is 11.0 Å². The maximum atomic E-state index is 12.8. The monoisotopic (exact) mass is 498 g/mol. The highest BCUT2D eigenvalue weighted by atomic mass is 32.2. The minimum atomic E-state index is -0.590. The summed E-state index contributed by atoms with van der Waals surface area (Å²) < 4.78 is 5.15. The molecule has 2 atom stereocenters. The number of anilines is 1. The molecule has 0 aromatic heterocycles. The average Bonchev–Trinajstić information content (AvgIpc) is 3.49. The van der Waals surface area contributed by atoms with E-state index in [1.54, 1.807) is 31.4 Å². The highest BCUT2D eigenvalue weighted by molar-refractivity contribution is 8.15. The van der Waals surface area contributed by atoms with Crippen LogP contribution in [0.3, 0.4) is 0 Å². The predicted molar refractivity (Wildman–Crippen MR) is 143 cm³/mol. The number of carbonyl (C=O) groups excluding carboxylic acids is 2. The Morgan fingerprint density at radius 1 is 1.06 bits per heavy atom. The van der Waals surface area contributed by atoms with E-state index in [2.05, 4.69) is 41.5 Å². The van der Waals surface area contributed by atoms with Gasteiger partial charge in [-0.15, -0.1) is 0 Å². The van der Waals surface area contributed by atoms with Crippen molar-refractivity contribution in [2.75, 3.05) is 12.4 Å². The van der Waals surface area contributed by atoms with E-state index in [1.807, 2.05) is 35.3 Å². The van der Waals surface area contributed by atoms with Crippen molar-refractivity contribution in [1.29, 1.82) is 0 Å². The van der Waals surface area contributed by atoms with Gasteiger partial charge in [0.05, 0.1) is 18.9 Å². The number of hydrogen-bond donors (Lipinski definition) is 1. The van der Waals surface area contributed by atoms with Crippen molar-refractivity contribution in [2.24, 2.45) is 10.1 Å². The molecule has 3 aromatic carbocycles. The van der Waals surface area contributed by atoms with E-state index in [1.165, 1.54) is 17.3 Å². The lowest BCUT2D eigenvalue weighted by atomic mass is 9.98. The fourth-order valence-electron chi connectivity index (χ4n) is 4.20. The highest BCUT2D eigenvalue weighted by Gasteiger charge is 2.39. The Hall–Kier alpha value is -3.91. The number of methoxy groups -OCH3 is 1. The first-order valence-electron chi connectivity index (χ1n) is 11.7. The summed E-state index contributed by atoms with van der Waals surface area (Å²) >= 11 is 1.30. The summed E-state index contributed by atoms with van der Waals surface area (Å²) in [5.74, 6) is 0.148. The van der Waals surface area contributed by atoms with Crippen LogP contribution in [0.2, 0.25) is 0 Å². The average molecular weight is 499 g/mol. The molecule has 0 fully saturated rings. The van der Waals surface area contributed by atoms with E-state index in [0.29, 0.717) is 23.0 Å². The van der Waals surface area contributed by atoms with Crippen LogP contribution in [0.5, 0.6) is 5.75 Å². The smallest absolute Gasteiger partial charge is 0.262 e. The van der Waals surface area contributed by atoms with Crippen LogP contribution >= 0.6 is 11.8 Å². The van der Waals surface area contributed by atoms with Crippen molar-refractivity contribution in [3.8, 4) is 5.75 Å². The maximum absolute atomic E-state index is 12.8. The molecule has 8 heteroatoms. The number of amides is 2. The first-order chi connectivity index (χ1) is 17.5. The summed E-state index contributed by atoms with van der Waals surface area (Å²) in [6.45, 7) is 2.05. The van der Waals surface area contributed by atoms with E-state index in [4.69, 9.17) is 9.84 Å². The molecule has 5 rings (SSSR count). The van der Waals surface area contributed by atoms with Crippen LogP contribution in [0.1, 0.15) is 35.6 Å². The number of nitrogens with zero attached hydrogens (tertiary/aromatic N) is 3. The molecule has 2 aliphatic heterocycles. The number of aliphatic imine (C=N–C) groups is 1. The van der Waals surface area contributed by atoms with Gasteiger partial charge in [0, 0.05) is 18.5 Å². The van der Waals surface area contributed by atoms with Gasteiger partial charge in [-0.25, -0.2) is 5.01 Å². The van der Waals surface area contributed by atoms with Crippen LogP contribution in [-0.4, -0.2) is 40.1 Å². The van der Waals surface area contributed by atoms with Crippen LogP contribution < -0.4 is 10.1 Å². The zero-order chi connectivity index (χ0) is 25.1. The fourth-order valence-corrected chi connectivity index (χ4v) is 5.26. The summed E-state index contributed by atoms with van der Waals surface area (Å²) in [6, 6.07) is 25.4. The summed E-state index contributed by atoms with van der Waals surface area (Å²) in [5, 5.41) is 9.51. The zero-order valence-corrected chi connectivity index (χ0v) is 20.9. The molecule has 36 heavy (non-hydrogen) atoms. The van der Waals surface area contributed by atoms with Gasteiger partial charge >= 0.3 is 0 Å². The molecule has 0 aliphatic carbocycles. The van der Waals surface area contributed by atoms with Gasteiger partial charge in [-0.1, -0.05) is 71.9 Å². The topological polar surface area (TPSA) is 83.4 Å². The first-order valence-corrected chi connectivity index (χ1v) is 12.6. The third-order valence-electron chi connectivity index (χ3n) is 6.15. The molecular weight excluding hydrogens is 472 g/mol. The zero-order valence-electron chi connectivity index (χ0n) is 20.0. The van der Waals surface area contributed by atoms with Crippen LogP contribution in [0.4, 0.5) is 5.69 Å². The number of hydrogen-bond acceptors (Lipinski definition) is 6. The van der Waals surface area contributed by atoms with Crippen molar-refractivity contribution < 1.29 is 14.3 Å². The van der Waals surface area contributed by atoms with Crippen LogP contribution in [0.15, 0.2) is 89.0 Å². The minimum Gasteiger partial charge on any atom is -0.497 e. The molecule has 1 N–H and O–H groups in total. The summed E-state index contributed by atoms with van der Waals surface area (Å²) in [7, 11) is 1.59. The number of thioether (sulfide) groups is 1. The van der Waals surface area contributed by atoms with Crippen molar-refractivity contribution in [2.45, 2.75) is 31.1 Å². The normalized spacial score (nSPS) is 19.2. The Balaban J connectivity index is 1.32. The van der Waals surface area contributed by atoms with E-state index < -0.39 is 5.25 Å². The maximum Gasteiger partial charge on any atom is 0.262 e. The Kier molecular flexibility index (Phi) is 6.86. The Labute approximate surface area is 214 Å². The van der Waals surface area contributed by atoms with Gasteiger partial charge in [-0.3, -0.25) is 9.59 Å². The van der Waals surface area contributed by atoms with Crippen molar-refractivity contribution in [3.63, 3.8) is 0 Å². The van der Waals surface area contributed by atoms with Gasteiger partial charge in [0.15, 0.2) is 5.17 Å². The molecule has 2 heterocycles. The summed E-state index contributed by atoms with van der Waals surface area (Å²) in [4.78, 5) is 29.7. The Morgan fingerprint density at radius 2 is 1.78 bits per heavy atom. The Bertz CT molecular complexity index is 1320. The van der Waals surface area contributed by atoms with Gasteiger partial charge in [0.25, 0.3) is 5.91 Å². The van der Waals surface area contributed by atoms with Crippen LogP contribution in [-0.2, 0) is 9.59 Å². The second-order valence-electron chi connectivity index (χ2n) is 8.71. The Morgan fingerprint density at radius 3 is 2.47 bits per heavy atom. The molecule has 0 bridgehead atoms. The molecule has 7 nitrogen and oxygen atoms in total. The van der Waals surface area contributed by atoms with Gasteiger partial charge in [-0.2, -0.15) is 10.1 Å². The lowest BCUT2D eigenvalue weighted by molar-refractivity contribution is -0.121. The van der Waals surface area contributed by atoms with Gasteiger partial charge < -0.3 is 10.1 Å². The molecule has 0 radical (unpaired) electrons. The van der Waals surface area contributed by atoms with E-state index in [0.717, 1.165) is 16.8 Å². The molecular formula is C28H26N4O3S. The van der Waals surface area contributed by atoms with Gasteiger partial charge in [-0.05, 0) is 42.3 Å². The molecule has 2 amide bonds. The third kappa shape index (κ3) is 5.18. The number of benzene rings is 3. The number of nitrogens with one attached hydrogen (secondary N) is 1. The number of carbonyl (C=O) groups is 2. The standard InChI is InChI=1S/C28H26N4O3S/c1-18-8-10-20(11-9-18)24-16-23(19-6-4-3-5-7-19)31-32(24)28-30-27(34)25(36-28)17-26(33)29-21-12-14-22(35-2)15-13-21/h3-15,24-25H,16-17H2,1-2H3,(H,29,33)/t24-,25+/m0/s1. The number of hydrazone groups is 1. The number of ether oxygens (including phenoxy) is 1. The molecule has 0 spiro atoms. The predicted octanol–water partition coefficient (Wildman–Crippen LogP) is 5.18. The van der Waals surface area contributed by atoms with Crippen LogP contribution in [0.25, 0.3) is 0 Å². The van der Waals surface area contributed by atoms with E-state index in [-0.39, 0.29) is 24.3 Å².